The first-order chi connectivity index (χ1) is 10.5. The lowest BCUT2D eigenvalue weighted by Gasteiger charge is -2.33. The van der Waals surface area contributed by atoms with E-state index in [0.717, 1.165) is 0 Å². The van der Waals surface area contributed by atoms with Gasteiger partial charge in [-0.2, -0.15) is 9.57 Å². The van der Waals surface area contributed by atoms with Gasteiger partial charge in [0.1, 0.15) is 4.21 Å². The third kappa shape index (κ3) is 4.27. The summed E-state index contributed by atoms with van der Waals surface area (Å²) in [6.07, 6.45) is 0.290. The lowest BCUT2D eigenvalue weighted by atomic mass is 10.3. The first-order valence-electron chi connectivity index (χ1n) is 6.93. The summed E-state index contributed by atoms with van der Waals surface area (Å²) < 4.78 is 26.5. The Bertz CT molecular complexity index is 629. The molecule has 1 fully saturated rings. The number of nitrogens with zero attached hydrogens (tertiary/aromatic N) is 3. The Labute approximate surface area is 134 Å². The summed E-state index contributed by atoms with van der Waals surface area (Å²) in [7, 11) is -3.40. The second-order valence-electron chi connectivity index (χ2n) is 4.87. The van der Waals surface area contributed by atoms with Crippen molar-refractivity contribution in [2.75, 3.05) is 39.3 Å². The van der Waals surface area contributed by atoms with E-state index in [1.54, 1.807) is 17.5 Å². The van der Waals surface area contributed by atoms with Crippen LogP contribution in [-0.4, -0.2) is 62.8 Å². The predicted molar refractivity (Wildman–Crippen MR) is 82.8 cm³/mol. The van der Waals surface area contributed by atoms with Crippen LogP contribution in [0.15, 0.2) is 21.7 Å². The van der Waals surface area contributed by atoms with Gasteiger partial charge in [-0.3, -0.25) is 9.69 Å². The number of nitriles is 1. The second-order valence-corrected chi connectivity index (χ2v) is 7.98. The molecule has 22 heavy (non-hydrogen) atoms. The smallest absolute Gasteiger partial charge is 0.252 e. The van der Waals surface area contributed by atoms with E-state index >= 15 is 0 Å². The van der Waals surface area contributed by atoms with E-state index in [4.69, 9.17) is 5.26 Å². The van der Waals surface area contributed by atoms with E-state index in [9.17, 15) is 13.2 Å². The van der Waals surface area contributed by atoms with Gasteiger partial charge in [0.05, 0.1) is 19.0 Å². The summed E-state index contributed by atoms with van der Waals surface area (Å²) in [5.74, 6) is -0.134. The fourth-order valence-electron chi connectivity index (χ4n) is 2.18. The van der Waals surface area contributed by atoms with Crippen molar-refractivity contribution in [3.63, 3.8) is 0 Å². The van der Waals surface area contributed by atoms with Crippen molar-refractivity contribution >= 4 is 27.3 Å². The van der Waals surface area contributed by atoms with Crippen molar-refractivity contribution in [1.29, 1.82) is 5.26 Å². The van der Waals surface area contributed by atoms with Crippen molar-refractivity contribution in [1.82, 2.24) is 14.5 Å². The molecule has 1 amide bonds. The van der Waals surface area contributed by atoms with Gasteiger partial charge >= 0.3 is 0 Å². The zero-order chi connectivity index (χ0) is 16.0. The van der Waals surface area contributed by atoms with Crippen molar-refractivity contribution in [2.24, 2.45) is 0 Å². The van der Waals surface area contributed by atoms with Crippen LogP contribution in [0.1, 0.15) is 6.42 Å². The average Bonchev–Trinajstić information content (AvgIpc) is 3.03. The lowest BCUT2D eigenvalue weighted by molar-refractivity contribution is -0.122. The van der Waals surface area contributed by atoms with Gasteiger partial charge in [0.2, 0.25) is 5.91 Å². The molecule has 0 unspecified atom stereocenters. The lowest BCUT2D eigenvalue weighted by Crippen LogP contribution is -2.50. The molecule has 0 aliphatic carbocycles. The molecule has 1 aromatic rings. The van der Waals surface area contributed by atoms with E-state index in [1.807, 2.05) is 11.0 Å². The van der Waals surface area contributed by atoms with E-state index in [1.165, 1.54) is 15.6 Å². The van der Waals surface area contributed by atoms with Crippen molar-refractivity contribution in [2.45, 2.75) is 10.6 Å². The van der Waals surface area contributed by atoms with Gasteiger partial charge < -0.3 is 5.32 Å². The Morgan fingerprint density at radius 3 is 2.68 bits per heavy atom. The predicted octanol–water partition coefficient (Wildman–Crippen LogP) is 0.0843. The summed E-state index contributed by atoms with van der Waals surface area (Å²) in [4.78, 5) is 13.6. The van der Waals surface area contributed by atoms with Crippen molar-refractivity contribution < 1.29 is 13.2 Å². The molecule has 2 heterocycles. The molecule has 1 aromatic heterocycles. The van der Waals surface area contributed by atoms with Crippen LogP contribution in [-0.2, 0) is 14.8 Å². The molecule has 0 radical (unpaired) electrons. The van der Waals surface area contributed by atoms with Crippen LogP contribution >= 0.6 is 11.3 Å². The maximum absolute atomic E-state index is 12.4. The van der Waals surface area contributed by atoms with Gasteiger partial charge in [-0.15, -0.1) is 11.3 Å². The Morgan fingerprint density at radius 1 is 1.36 bits per heavy atom. The van der Waals surface area contributed by atoms with Crippen LogP contribution in [0.25, 0.3) is 0 Å². The van der Waals surface area contributed by atoms with Crippen molar-refractivity contribution in [3.8, 4) is 6.07 Å². The minimum absolute atomic E-state index is 0.134. The third-order valence-corrected chi connectivity index (χ3v) is 6.62. The number of hydrogen-bond donors (Lipinski definition) is 1. The van der Waals surface area contributed by atoms with E-state index in [2.05, 4.69) is 5.32 Å². The minimum Gasteiger partial charge on any atom is -0.354 e. The topological polar surface area (TPSA) is 93.5 Å². The number of amides is 1. The van der Waals surface area contributed by atoms with E-state index in [-0.39, 0.29) is 12.5 Å². The summed E-state index contributed by atoms with van der Waals surface area (Å²) >= 11 is 1.21. The van der Waals surface area contributed by atoms with Gasteiger partial charge in [0.25, 0.3) is 10.0 Å². The second kappa shape index (κ2) is 7.69. The highest BCUT2D eigenvalue weighted by Gasteiger charge is 2.29. The zero-order valence-electron chi connectivity index (χ0n) is 12.1. The molecule has 1 N–H and O–H groups in total. The van der Waals surface area contributed by atoms with Gasteiger partial charge in [-0.05, 0) is 11.4 Å². The van der Waals surface area contributed by atoms with Gasteiger partial charge in [-0.25, -0.2) is 8.42 Å². The normalized spacial score (nSPS) is 17.0. The molecule has 0 aromatic carbocycles. The number of sulfonamides is 1. The van der Waals surface area contributed by atoms with Crippen LogP contribution in [0, 0.1) is 11.3 Å². The summed E-state index contributed by atoms with van der Waals surface area (Å²) in [6, 6.07) is 5.29. The minimum atomic E-state index is -3.40. The molecule has 1 saturated heterocycles. The molecule has 2 rings (SSSR count). The first-order valence-corrected chi connectivity index (χ1v) is 9.25. The zero-order valence-corrected chi connectivity index (χ0v) is 13.7. The monoisotopic (exact) mass is 342 g/mol. The van der Waals surface area contributed by atoms with E-state index in [0.29, 0.717) is 43.4 Å². The highest BCUT2D eigenvalue weighted by atomic mass is 32.2. The Morgan fingerprint density at radius 2 is 2.09 bits per heavy atom. The number of piperazine rings is 1. The quantitative estimate of drug-likeness (QED) is 0.739. The Kier molecular flexibility index (Phi) is 5.90. The maximum Gasteiger partial charge on any atom is 0.252 e. The van der Waals surface area contributed by atoms with E-state index < -0.39 is 10.0 Å². The van der Waals surface area contributed by atoms with Crippen molar-refractivity contribution in [3.05, 3.63) is 17.5 Å². The standard InChI is InChI=1S/C13H18N4O3S2/c14-4-2-5-15-12(18)11-16-6-8-17(9-7-16)22(19,20)13-3-1-10-21-13/h1,3,10H,2,5-9,11H2,(H,15,18). The average molecular weight is 342 g/mol. The van der Waals surface area contributed by atoms with Gasteiger partial charge in [-0.1, -0.05) is 6.07 Å². The van der Waals surface area contributed by atoms with Crippen LogP contribution < -0.4 is 5.32 Å². The molecule has 1 aliphatic heterocycles. The summed E-state index contributed by atoms with van der Waals surface area (Å²) in [5.41, 5.74) is 0. The maximum atomic E-state index is 12.4. The first kappa shape index (κ1) is 16.9. The molecule has 9 heteroatoms. The molecule has 0 bridgehead atoms. The largest absolute Gasteiger partial charge is 0.354 e. The van der Waals surface area contributed by atoms with Gasteiger partial charge in [0.15, 0.2) is 0 Å². The molecule has 0 saturated carbocycles. The molecule has 1 aliphatic rings. The van der Waals surface area contributed by atoms with Crippen LogP contribution in [0.4, 0.5) is 0 Å². The number of carbonyl (C=O) groups excluding carboxylic acids is 1. The molecule has 120 valence electrons. The van der Waals surface area contributed by atoms with Gasteiger partial charge in [0, 0.05) is 32.7 Å². The number of rotatable bonds is 6. The Hall–Kier alpha value is -1.47. The van der Waals surface area contributed by atoms with Crippen LogP contribution in [0.5, 0.6) is 0 Å². The molecular weight excluding hydrogens is 324 g/mol. The SMILES string of the molecule is N#CCCNC(=O)CN1CCN(S(=O)(=O)c2cccs2)CC1. The van der Waals surface area contributed by atoms with Crippen LogP contribution in [0.2, 0.25) is 0 Å². The third-order valence-electron chi connectivity index (χ3n) is 3.35. The fraction of sp³-hybridized carbons (Fsp3) is 0.538. The van der Waals surface area contributed by atoms with Crippen LogP contribution in [0.3, 0.4) is 0 Å². The molecular formula is C13H18N4O3S2. The highest BCUT2D eigenvalue weighted by molar-refractivity contribution is 7.91. The number of thiophene rings is 1. The number of hydrogen-bond acceptors (Lipinski definition) is 6. The highest BCUT2D eigenvalue weighted by Crippen LogP contribution is 2.21. The number of carbonyl (C=O) groups is 1. The number of nitrogens with one attached hydrogen (secondary N) is 1. The molecule has 0 spiro atoms. The molecule has 7 nitrogen and oxygen atoms in total. The Balaban J connectivity index is 1.81. The molecule has 0 atom stereocenters. The summed E-state index contributed by atoms with van der Waals surface area (Å²) in [5, 5.41) is 12.8. The summed E-state index contributed by atoms with van der Waals surface area (Å²) in [6.45, 7) is 2.39. The fourth-order valence-corrected chi connectivity index (χ4v) is 4.75.